The van der Waals surface area contributed by atoms with Gasteiger partial charge in [0.2, 0.25) is 11.8 Å². The molecule has 2 amide bonds. The molecule has 0 unspecified atom stereocenters. The van der Waals surface area contributed by atoms with Gasteiger partial charge in [0.1, 0.15) is 5.76 Å². The van der Waals surface area contributed by atoms with Crippen LogP contribution in [0.2, 0.25) is 0 Å². The number of furan rings is 1. The molecule has 8 nitrogen and oxygen atoms in total. The summed E-state index contributed by atoms with van der Waals surface area (Å²) in [6, 6.07) is 10.6. The van der Waals surface area contributed by atoms with Crippen LogP contribution in [0.3, 0.4) is 0 Å². The molecule has 0 atom stereocenters. The number of hydrogen-bond donors (Lipinski definition) is 1. The van der Waals surface area contributed by atoms with Crippen LogP contribution < -0.4 is 10.2 Å². The monoisotopic (exact) mass is 454 g/mol. The van der Waals surface area contributed by atoms with Crippen LogP contribution in [0.25, 0.3) is 0 Å². The summed E-state index contributed by atoms with van der Waals surface area (Å²) in [6.07, 6.45) is 7.34. The van der Waals surface area contributed by atoms with Crippen molar-refractivity contribution in [1.82, 2.24) is 15.5 Å². The van der Waals surface area contributed by atoms with Gasteiger partial charge in [-0.15, -0.1) is 10.2 Å². The van der Waals surface area contributed by atoms with Crippen molar-refractivity contribution in [2.75, 3.05) is 17.7 Å². The number of nitrogens with zero attached hydrogens (tertiary/aromatic N) is 3. The first kappa shape index (κ1) is 22.1. The standard InChI is InChI=1S/C23H26N4O4S/c1-27(19-12-6-5-11-18(19)21(29)24-14-17-10-7-13-30-17)20(28)15-32-23-26-25-22(31-23)16-8-3-2-4-9-16/h5-7,10-13,16H,2-4,8-9,14-15H2,1H3,(H,24,29). The van der Waals surface area contributed by atoms with Crippen LogP contribution in [0.1, 0.15) is 60.0 Å². The summed E-state index contributed by atoms with van der Waals surface area (Å²) in [7, 11) is 1.66. The summed E-state index contributed by atoms with van der Waals surface area (Å²) < 4.78 is 11.0. The molecule has 0 radical (unpaired) electrons. The number of carbonyl (C=O) groups excluding carboxylic acids is 2. The molecule has 168 valence electrons. The molecule has 9 heteroatoms. The molecule has 0 spiro atoms. The number of amides is 2. The van der Waals surface area contributed by atoms with E-state index in [2.05, 4.69) is 15.5 Å². The first-order valence-corrected chi connectivity index (χ1v) is 11.7. The topological polar surface area (TPSA) is 101 Å². The van der Waals surface area contributed by atoms with Crippen molar-refractivity contribution in [3.05, 3.63) is 59.9 Å². The number of para-hydroxylation sites is 1. The van der Waals surface area contributed by atoms with Crippen molar-refractivity contribution < 1.29 is 18.4 Å². The lowest BCUT2D eigenvalue weighted by molar-refractivity contribution is -0.115. The second-order valence-corrected chi connectivity index (χ2v) is 8.69. The lowest BCUT2D eigenvalue weighted by Gasteiger charge is -2.20. The predicted octanol–water partition coefficient (Wildman–Crippen LogP) is 4.40. The van der Waals surface area contributed by atoms with Gasteiger partial charge in [-0.05, 0) is 37.1 Å². The highest BCUT2D eigenvalue weighted by molar-refractivity contribution is 7.99. The maximum atomic E-state index is 12.8. The van der Waals surface area contributed by atoms with Gasteiger partial charge < -0.3 is 19.1 Å². The number of thioether (sulfide) groups is 1. The third kappa shape index (κ3) is 5.40. The molecule has 1 fully saturated rings. The number of benzene rings is 1. The lowest BCUT2D eigenvalue weighted by atomic mass is 9.89. The average molecular weight is 455 g/mol. The van der Waals surface area contributed by atoms with Crippen molar-refractivity contribution in [3.63, 3.8) is 0 Å². The van der Waals surface area contributed by atoms with Gasteiger partial charge in [-0.25, -0.2) is 0 Å². The smallest absolute Gasteiger partial charge is 0.277 e. The normalized spacial score (nSPS) is 14.3. The third-order valence-electron chi connectivity index (χ3n) is 5.58. The molecule has 0 saturated heterocycles. The van der Waals surface area contributed by atoms with Crippen LogP contribution in [0.15, 0.2) is 56.7 Å². The van der Waals surface area contributed by atoms with Gasteiger partial charge >= 0.3 is 0 Å². The molecule has 1 aromatic carbocycles. The maximum absolute atomic E-state index is 12.8. The molecule has 1 N–H and O–H groups in total. The van der Waals surface area contributed by atoms with E-state index in [1.54, 1.807) is 49.7 Å². The minimum Gasteiger partial charge on any atom is -0.467 e. The molecule has 2 aromatic heterocycles. The summed E-state index contributed by atoms with van der Waals surface area (Å²) in [5.74, 6) is 1.34. The van der Waals surface area contributed by atoms with Crippen LogP contribution in [0.5, 0.6) is 0 Å². The van der Waals surface area contributed by atoms with Crippen LogP contribution >= 0.6 is 11.8 Å². The molecular formula is C23H26N4O4S. The molecular weight excluding hydrogens is 428 g/mol. The number of hydrogen-bond acceptors (Lipinski definition) is 7. The van der Waals surface area contributed by atoms with Gasteiger partial charge in [0, 0.05) is 13.0 Å². The predicted molar refractivity (Wildman–Crippen MR) is 121 cm³/mol. The lowest BCUT2D eigenvalue weighted by Crippen LogP contribution is -2.31. The largest absolute Gasteiger partial charge is 0.467 e. The van der Waals surface area contributed by atoms with Gasteiger partial charge in [0.25, 0.3) is 11.1 Å². The fourth-order valence-electron chi connectivity index (χ4n) is 3.78. The van der Waals surface area contributed by atoms with Crippen molar-refractivity contribution >= 4 is 29.3 Å². The zero-order chi connectivity index (χ0) is 22.3. The van der Waals surface area contributed by atoms with E-state index in [1.165, 1.54) is 35.9 Å². The second kappa shape index (κ2) is 10.5. The van der Waals surface area contributed by atoms with Gasteiger partial charge in [0.15, 0.2) is 0 Å². The number of nitrogens with one attached hydrogen (secondary N) is 1. The summed E-state index contributed by atoms with van der Waals surface area (Å²) in [6.45, 7) is 0.272. The summed E-state index contributed by atoms with van der Waals surface area (Å²) >= 11 is 1.21. The van der Waals surface area contributed by atoms with Crippen LogP contribution in [-0.2, 0) is 11.3 Å². The highest BCUT2D eigenvalue weighted by atomic mass is 32.2. The van der Waals surface area contributed by atoms with Gasteiger partial charge in [-0.2, -0.15) is 0 Å². The summed E-state index contributed by atoms with van der Waals surface area (Å²) in [5, 5.41) is 11.5. The van der Waals surface area contributed by atoms with Crippen LogP contribution in [-0.4, -0.2) is 34.8 Å². The van der Waals surface area contributed by atoms with E-state index < -0.39 is 0 Å². The van der Waals surface area contributed by atoms with Gasteiger partial charge in [-0.3, -0.25) is 9.59 Å². The Labute approximate surface area is 190 Å². The zero-order valence-electron chi connectivity index (χ0n) is 18.0. The molecule has 1 saturated carbocycles. The van der Waals surface area contributed by atoms with Gasteiger partial charge in [-0.1, -0.05) is 43.2 Å². The Hall–Kier alpha value is -3.07. The highest BCUT2D eigenvalue weighted by Crippen LogP contribution is 2.33. The van der Waals surface area contributed by atoms with Crippen molar-refractivity contribution in [2.45, 2.75) is 49.8 Å². The number of carbonyl (C=O) groups is 2. The Balaban J connectivity index is 1.35. The Kier molecular flexibility index (Phi) is 7.26. The average Bonchev–Trinajstić information content (AvgIpc) is 3.53. The fraction of sp³-hybridized carbons (Fsp3) is 0.391. The van der Waals surface area contributed by atoms with Crippen molar-refractivity contribution in [1.29, 1.82) is 0 Å². The molecule has 1 aliphatic carbocycles. The molecule has 2 heterocycles. The van der Waals surface area contributed by atoms with E-state index in [4.69, 9.17) is 8.83 Å². The molecule has 3 aromatic rings. The van der Waals surface area contributed by atoms with E-state index in [0.717, 1.165) is 12.8 Å². The number of anilines is 1. The van der Waals surface area contributed by atoms with E-state index in [1.807, 2.05) is 0 Å². The second-order valence-electron chi connectivity index (χ2n) is 7.76. The maximum Gasteiger partial charge on any atom is 0.277 e. The van der Waals surface area contributed by atoms with E-state index in [9.17, 15) is 9.59 Å². The number of rotatable bonds is 8. The van der Waals surface area contributed by atoms with Crippen molar-refractivity contribution in [2.24, 2.45) is 0 Å². The third-order valence-corrected chi connectivity index (χ3v) is 6.39. The Morgan fingerprint density at radius 1 is 1.12 bits per heavy atom. The molecule has 4 rings (SSSR count). The minimum absolute atomic E-state index is 0.130. The SMILES string of the molecule is CN(C(=O)CSc1nnc(C2CCCCC2)o1)c1ccccc1C(=O)NCc1ccco1. The first-order chi connectivity index (χ1) is 15.6. The summed E-state index contributed by atoms with van der Waals surface area (Å²) in [4.78, 5) is 27.0. The Morgan fingerprint density at radius 3 is 2.72 bits per heavy atom. The molecule has 32 heavy (non-hydrogen) atoms. The van der Waals surface area contributed by atoms with Gasteiger partial charge in [0.05, 0.1) is 29.8 Å². The zero-order valence-corrected chi connectivity index (χ0v) is 18.8. The van der Waals surface area contributed by atoms with E-state index >= 15 is 0 Å². The quantitative estimate of drug-likeness (QED) is 0.504. The number of aromatic nitrogens is 2. The fourth-order valence-corrected chi connectivity index (χ4v) is 4.47. The molecule has 1 aliphatic rings. The van der Waals surface area contributed by atoms with E-state index in [-0.39, 0.29) is 24.1 Å². The minimum atomic E-state index is -0.279. The Bertz CT molecular complexity index is 1040. The molecule has 0 bridgehead atoms. The van der Waals surface area contributed by atoms with Crippen LogP contribution in [0, 0.1) is 0 Å². The highest BCUT2D eigenvalue weighted by Gasteiger charge is 2.23. The summed E-state index contributed by atoms with van der Waals surface area (Å²) in [5.41, 5.74) is 0.945. The van der Waals surface area contributed by atoms with Crippen LogP contribution in [0.4, 0.5) is 5.69 Å². The Morgan fingerprint density at radius 2 is 1.94 bits per heavy atom. The van der Waals surface area contributed by atoms with E-state index in [0.29, 0.717) is 34.0 Å². The van der Waals surface area contributed by atoms with Crippen molar-refractivity contribution in [3.8, 4) is 0 Å². The first-order valence-electron chi connectivity index (χ1n) is 10.7. The molecule has 0 aliphatic heterocycles.